The highest BCUT2D eigenvalue weighted by molar-refractivity contribution is 5.47. The van der Waals surface area contributed by atoms with Crippen molar-refractivity contribution in [3.8, 4) is 5.88 Å². The molecule has 0 aliphatic heterocycles. The molecule has 5 nitrogen and oxygen atoms in total. The molecule has 242 valence electrons. The molecule has 0 radical (unpaired) electrons. The largest absolute Gasteiger partial charge is 0.473 e. The summed E-state index contributed by atoms with van der Waals surface area (Å²) in [5, 5.41) is 15.0. The predicted molar refractivity (Wildman–Crippen MR) is 183 cm³/mol. The van der Waals surface area contributed by atoms with Crippen molar-refractivity contribution in [1.82, 2.24) is 5.16 Å². The number of unbranched alkanes of at least 4 members (excludes halogenated alkanes) is 12. The monoisotopic (exact) mass is 611 g/mol. The van der Waals surface area contributed by atoms with E-state index < -0.39 is 11.7 Å². The molecule has 0 fully saturated rings. The molecule has 5 heteroatoms. The van der Waals surface area contributed by atoms with Crippen LogP contribution in [0.3, 0.4) is 0 Å². The van der Waals surface area contributed by atoms with Gasteiger partial charge in [0.25, 0.3) is 5.88 Å². The van der Waals surface area contributed by atoms with Crippen LogP contribution in [0.2, 0.25) is 0 Å². The Morgan fingerprint density at radius 2 is 1.07 bits per heavy atom. The lowest BCUT2D eigenvalue weighted by Crippen LogP contribution is -2.37. The van der Waals surface area contributed by atoms with E-state index in [0.717, 1.165) is 35.3 Å². The van der Waals surface area contributed by atoms with E-state index in [0.29, 0.717) is 5.88 Å². The lowest BCUT2D eigenvalue weighted by molar-refractivity contribution is -0.0499. The molecule has 1 unspecified atom stereocenters. The van der Waals surface area contributed by atoms with Crippen LogP contribution in [-0.2, 0) is 16.8 Å². The molecule has 4 rings (SSSR count). The topological polar surface area (TPSA) is 64.7 Å². The van der Waals surface area contributed by atoms with Crippen LogP contribution in [0.1, 0.15) is 113 Å². The van der Waals surface area contributed by atoms with Gasteiger partial charge in [0.15, 0.2) is 0 Å². The number of benzene rings is 3. The Kier molecular flexibility index (Phi) is 15.2. The minimum absolute atomic E-state index is 0.0547. The van der Waals surface area contributed by atoms with E-state index in [1.54, 1.807) is 0 Å². The maximum Gasteiger partial charge on any atom is 0.254 e. The van der Waals surface area contributed by atoms with Crippen LogP contribution >= 0.6 is 0 Å². The molecule has 0 amide bonds. The van der Waals surface area contributed by atoms with Gasteiger partial charge in [0.1, 0.15) is 24.1 Å². The fraction of sp³-hybridized carbons (Fsp3) is 0.475. The van der Waals surface area contributed by atoms with E-state index in [2.05, 4.69) is 48.5 Å². The summed E-state index contributed by atoms with van der Waals surface area (Å²) in [6.07, 6.45) is 17.3. The first-order chi connectivity index (χ1) is 22.2. The van der Waals surface area contributed by atoms with Gasteiger partial charge in [-0.05, 0) is 28.3 Å². The Morgan fingerprint density at radius 3 is 1.53 bits per heavy atom. The number of nitrogens with zero attached hydrogens (tertiary/aromatic N) is 1. The second kappa shape index (κ2) is 19.9. The second-order valence-electron chi connectivity index (χ2n) is 12.2. The van der Waals surface area contributed by atoms with Gasteiger partial charge >= 0.3 is 0 Å². The summed E-state index contributed by atoms with van der Waals surface area (Å²) in [5.41, 5.74) is 2.08. The average Bonchev–Trinajstić information content (AvgIpc) is 3.55. The molecule has 1 heterocycles. The molecular weight excluding hydrogens is 558 g/mol. The summed E-state index contributed by atoms with van der Waals surface area (Å²) in [4.78, 5) is 0. The van der Waals surface area contributed by atoms with E-state index in [1.807, 2.05) is 60.7 Å². The smallest absolute Gasteiger partial charge is 0.254 e. The zero-order valence-corrected chi connectivity index (χ0v) is 27.2. The Hall–Kier alpha value is -3.41. The Morgan fingerprint density at radius 1 is 0.622 bits per heavy atom. The SMILES string of the molecule is CCCCCCCCCCCCCCCc1cc(OCC(O)COC(c2ccccc2)(c2ccccc2)c2ccccc2)no1. The number of aliphatic hydroxyl groups is 1. The first-order valence-electron chi connectivity index (χ1n) is 17.3. The average molecular weight is 612 g/mol. The van der Waals surface area contributed by atoms with Crippen molar-refractivity contribution in [2.24, 2.45) is 0 Å². The van der Waals surface area contributed by atoms with Crippen LogP contribution < -0.4 is 4.74 Å². The molecule has 0 bridgehead atoms. The van der Waals surface area contributed by atoms with Gasteiger partial charge in [-0.3, -0.25) is 0 Å². The van der Waals surface area contributed by atoms with Crippen molar-refractivity contribution >= 4 is 0 Å². The summed E-state index contributed by atoms with van der Waals surface area (Å²) >= 11 is 0. The lowest BCUT2D eigenvalue weighted by atomic mass is 9.80. The van der Waals surface area contributed by atoms with Crippen LogP contribution in [0.25, 0.3) is 0 Å². The minimum Gasteiger partial charge on any atom is -0.473 e. The van der Waals surface area contributed by atoms with Crippen LogP contribution in [-0.4, -0.2) is 29.6 Å². The van der Waals surface area contributed by atoms with Crippen molar-refractivity contribution < 1.29 is 19.1 Å². The third kappa shape index (κ3) is 11.2. The van der Waals surface area contributed by atoms with Gasteiger partial charge in [0, 0.05) is 12.5 Å². The summed E-state index contributed by atoms with van der Waals surface area (Å²) < 4.78 is 18.0. The van der Waals surface area contributed by atoms with Gasteiger partial charge in [-0.1, -0.05) is 175 Å². The number of hydrogen-bond donors (Lipinski definition) is 1. The van der Waals surface area contributed by atoms with Gasteiger partial charge in [-0.15, -0.1) is 0 Å². The predicted octanol–water partition coefficient (Wildman–Crippen LogP) is 10.1. The molecule has 4 aromatic rings. The highest BCUT2D eigenvalue weighted by atomic mass is 16.6. The van der Waals surface area contributed by atoms with E-state index in [9.17, 15) is 5.11 Å². The van der Waals surface area contributed by atoms with Crippen molar-refractivity contribution in [2.75, 3.05) is 13.2 Å². The Bertz CT molecular complexity index is 1190. The molecule has 1 aromatic heterocycles. The molecule has 1 N–H and O–H groups in total. The zero-order valence-electron chi connectivity index (χ0n) is 27.2. The molecule has 0 saturated carbocycles. The molecule has 0 spiro atoms. The lowest BCUT2D eigenvalue weighted by Gasteiger charge is -2.36. The first-order valence-corrected chi connectivity index (χ1v) is 17.3. The Balaban J connectivity index is 1.20. The number of hydrogen-bond acceptors (Lipinski definition) is 5. The summed E-state index contributed by atoms with van der Waals surface area (Å²) in [6, 6.07) is 32.3. The van der Waals surface area contributed by atoms with E-state index >= 15 is 0 Å². The van der Waals surface area contributed by atoms with Gasteiger partial charge in [0.2, 0.25) is 0 Å². The molecule has 0 aliphatic rings. The van der Waals surface area contributed by atoms with Crippen molar-refractivity contribution in [1.29, 1.82) is 0 Å². The highest BCUT2D eigenvalue weighted by Gasteiger charge is 2.38. The molecule has 0 aliphatic carbocycles. The highest BCUT2D eigenvalue weighted by Crippen LogP contribution is 2.40. The number of ether oxygens (including phenoxy) is 2. The molecule has 3 aromatic carbocycles. The maximum absolute atomic E-state index is 10.9. The van der Waals surface area contributed by atoms with Gasteiger partial charge in [-0.25, -0.2) is 0 Å². The molecular formula is C40H53NO4. The molecule has 0 saturated heterocycles. The van der Waals surface area contributed by atoms with Gasteiger partial charge < -0.3 is 19.1 Å². The molecule has 1 atom stereocenters. The third-order valence-corrected chi connectivity index (χ3v) is 8.52. The fourth-order valence-electron chi connectivity index (χ4n) is 6.02. The van der Waals surface area contributed by atoms with Crippen molar-refractivity contribution in [2.45, 2.75) is 109 Å². The fourth-order valence-corrected chi connectivity index (χ4v) is 6.02. The first kappa shape index (κ1) is 34.5. The number of aromatic nitrogens is 1. The van der Waals surface area contributed by atoms with E-state index in [4.69, 9.17) is 14.0 Å². The summed E-state index contributed by atoms with van der Waals surface area (Å²) in [6.45, 7) is 2.40. The maximum atomic E-state index is 10.9. The number of rotatable bonds is 23. The normalized spacial score (nSPS) is 12.3. The second-order valence-corrected chi connectivity index (χ2v) is 12.2. The zero-order chi connectivity index (χ0) is 31.4. The van der Waals surface area contributed by atoms with E-state index in [-0.39, 0.29) is 13.2 Å². The van der Waals surface area contributed by atoms with Crippen molar-refractivity contribution in [3.63, 3.8) is 0 Å². The van der Waals surface area contributed by atoms with Crippen LogP contribution in [0.15, 0.2) is 102 Å². The third-order valence-electron chi connectivity index (χ3n) is 8.52. The van der Waals surface area contributed by atoms with Crippen molar-refractivity contribution in [3.05, 3.63) is 120 Å². The quantitative estimate of drug-likeness (QED) is 0.0668. The Labute approximate surface area is 271 Å². The summed E-state index contributed by atoms with van der Waals surface area (Å²) in [7, 11) is 0. The number of aryl methyl sites for hydroxylation is 1. The van der Waals surface area contributed by atoms with Gasteiger partial charge in [0.05, 0.1) is 6.61 Å². The minimum atomic E-state index is -0.889. The van der Waals surface area contributed by atoms with Gasteiger partial charge in [-0.2, -0.15) is 0 Å². The number of aliphatic hydroxyl groups excluding tert-OH is 1. The van der Waals surface area contributed by atoms with Crippen LogP contribution in [0.4, 0.5) is 0 Å². The van der Waals surface area contributed by atoms with Crippen LogP contribution in [0.5, 0.6) is 5.88 Å². The van der Waals surface area contributed by atoms with Crippen LogP contribution in [0, 0.1) is 0 Å². The standard InChI is InChI=1S/C40H53NO4/c1-2-3-4-5-6-7-8-9-10-11-12-13-23-30-38-31-39(41-45-38)43-32-37(42)33-44-40(34-24-17-14-18-25-34,35-26-19-15-20-27-35)36-28-21-16-22-29-36/h14-22,24-29,31,37,42H,2-13,23,30,32-33H2,1H3. The summed E-state index contributed by atoms with van der Waals surface area (Å²) in [5.74, 6) is 1.23. The van der Waals surface area contributed by atoms with E-state index in [1.165, 1.54) is 77.0 Å². The molecule has 45 heavy (non-hydrogen) atoms.